The van der Waals surface area contributed by atoms with Crippen LogP contribution in [0.5, 0.6) is 0 Å². The van der Waals surface area contributed by atoms with Gasteiger partial charge in [-0.3, -0.25) is 14.3 Å². The van der Waals surface area contributed by atoms with Crippen LogP contribution in [-0.4, -0.2) is 40.9 Å². The minimum atomic E-state index is -0.569. The number of carbonyl (C=O) groups excluding carboxylic acids is 2. The molecule has 184 valence electrons. The van der Waals surface area contributed by atoms with Crippen molar-refractivity contribution in [1.82, 2.24) is 15.1 Å². The molecular weight excluding hydrogens is 428 g/mol. The van der Waals surface area contributed by atoms with Crippen molar-refractivity contribution in [2.45, 2.75) is 83.2 Å². The maximum absolute atomic E-state index is 13.5. The van der Waals surface area contributed by atoms with Crippen LogP contribution in [0.15, 0.2) is 36.5 Å². The highest BCUT2D eigenvalue weighted by Crippen LogP contribution is 2.29. The Morgan fingerprint density at radius 2 is 1.68 bits per heavy atom. The highest BCUT2D eigenvalue weighted by atomic mass is 16.5. The number of carbonyl (C=O) groups is 2. The van der Waals surface area contributed by atoms with Gasteiger partial charge in [-0.1, -0.05) is 44.2 Å². The van der Waals surface area contributed by atoms with Gasteiger partial charge in [0.25, 0.3) is 5.91 Å². The van der Waals surface area contributed by atoms with Crippen molar-refractivity contribution in [1.29, 1.82) is 0 Å². The fraction of sp³-hybridized carbons (Fsp3) is 0.593. The second-order valence-electron chi connectivity index (χ2n) is 9.59. The zero-order valence-corrected chi connectivity index (χ0v) is 20.3. The fourth-order valence-corrected chi connectivity index (χ4v) is 5.30. The molecule has 34 heavy (non-hydrogen) atoms. The number of anilines is 1. The van der Waals surface area contributed by atoms with E-state index in [2.05, 4.69) is 27.9 Å². The third-order valence-corrected chi connectivity index (χ3v) is 7.31. The Morgan fingerprint density at radius 3 is 2.35 bits per heavy atom. The van der Waals surface area contributed by atoms with Crippen molar-refractivity contribution in [3.05, 3.63) is 47.8 Å². The predicted octanol–water partition coefficient (Wildman–Crippen LogP) is 4.89. The topological polar surface area (TPSA) is 85.2 Å². The highest BCUT2D eigenvalue weighted by molar-refractivity contribution is 6.00. The largest absolute Gasteiger partial charge is 0.381 e. The summed E-state index contributed by atoms with van der Waals surface area (Å²) in [6.07, 6.45) is 11.4. The Hall–Kier alpha value is -2.67. The van der Waals surface area contributed by atoms with Crippen LogP contribution in [-0.2, 0) is 16.1 Å². The summed E-state index contributed by atoms with van der Waals surface area (Å²) in [5, 5.41) is 10.4. The van der Waals surface area contributed by atoms with E-state index in [1.807, 2.05) is 19.1 Å². The van der Waals surface area contributed by atoms with Crippen LogP contribution in [0.1, 0.15) is 86.7 Å². The molecule has 1 unspecified atom stereocenters. The average molecular weight is 467 g/mol. The summed E-state index contributed by atoms with van der Waals surface area (Å²) in [5.74, 6) is 0.268. The zero-order chi connectivity index (χ0) is 23.8. The maximum Gasteiger partial charge on any atom is 0.270 e. The number of nitrogens with zero attached hydrogens (tertiary/aromatic N) is 2. The first-order valence-corrected chi connectivity index (χ1v) is 13.0. The SMILES string of the molecule is CCn1nccc1C(=O)NC(C(=O)Nc1ccc(C2CCOCC2)cc1)C1CCCCCCC1. The molecular formula is C27H38N4O3. The number of hydrogen-bond acceptors (Lipinski definition) is 4. The third kappa shape index (κ3) is 6.26. The van der Waals surface area contributed by atoms with Gasteiger partial charge in [0.05, 0.1) is 0 Å². The molecule has 2 aliphatic rings. The quantitative estimate of drug-likeness (QED) is 0.608. The van der Waals surface area contributed by atoms with Crippen molar-refractivity contribution in [3.8, 4) is 0 Å². The zero-order valence-electron chi connectivity index (χ0n) is 20.3. The van der Waals surface area contributed by atoms with Gasteiger partial charge < -0.3 is 15.4 Å². The maximum atomic E-state index is 13.5. The molecule has 2 heterocycles. The Labute approximate surface area is 202 Å². The second kappa shape index (κ2) is 12.2. The van der Waals surface area contributed by atoms with Gasteiger partial charge in [0.15, 0.2) is 0 Å². The minimum Gasteiger partial charge on any atom is -0.381 e. The smallest absolute Gasteiger partial charge is 0.270 e. The lowest BCUT2D eigenvalue weighted by atomic mass is 9.85. The molecule has 0 radical (unpaired) electrons. The van der Waals surface area contributed by atoms with Crippen molar-refractivity contribution >= 4 is 17.5 Å². The molecule has 2 aromatic rings. The van der Waals surface area contributed by atoms with Crippen LogP contribution in [0.2, 0.25) is 0 Å². The van der Waals surface area contributed by atoms with Gasteiger partial charge in [0.2, 0.25) is 5.91 Å². The molecule has 1 saturated heterocycles. The van der Waals surface area contributed by atoms with Gasteiger partial charge >= 0.3 is 0 Å². The summed E-state index contributed by atoms with van der Waals surface area (Å²) in [7, 11) is 0. The summed E-state index contributed by atoms with van der Waals surface area (Å²) in [4.78, 5) is 26.6. The van der Waals surface area contributed by atoms with E-state index >= 15 is 0 Å². The Kier molecular flexibility index (Phi) is 8.74. The molecule has 7 heteroatoms. The van der Waals surface area contributed by atoms with Gasteiger partial charge in [0, 0.05) is 31.6 Å². The Bertz CT molecular complexity index is 926. The molecule has 0 bridgehead atoms. The number of benzene rings is 1. The van der Waals surface area contributed by atoms with Gasteiger partial charge in [-0.05, 0) is 68.2 Å². The van der Waals surface area contributed by atoms with Crippen LogP contribution >= 0.6 is 0 Å². The lowest BCUT2D eigenvalue weighted by Crippen LogP contribution is -2.49. The van der Waals surface area contributed by atoms with Crippen molar-refractivity contribution in [3.63, 3.8) is 0 Å². The summed E-state index contributed by atoms with van der Waals surface area (Å²) in [5.41, 5.74) is 2.55. The highest BCUT2D eigenvalue weighted by Gasteiger charge is 2.31. The molecule has 0 spiro atoms. The molecule has 2 amide bonds. The van der Waals surface area contributed by atoms with Crippen LogP contribution in [0.25, 0.3) is 0 Å². The van der Waals surface area contributed by atoms with Crippen LogP contribution < -0.4 is 10.6 Å². The number of nitrogens with one attached hydrogen (secondary N) is 2. The van der Waals surface area contributed by atoms with E-state index in [1.54, 1.807) is 16.9 Å². The molecule has 1 aliphatic carbocycles. The molecule has 4 rings (SSSR count). The van der Waals surface area contributed by atoms with Gasteiger partial charge in [-0.15, -0.1) is 0 Å². The minimum absolute atomic E-state index is 0.128. The molecule has 1 aliphatic heterocycles. The third-order valence-electron chi connectivity index (χ3n) is 7.31. The molecule has 2 N–H and O–H groups in total. The van der Waals surface area contributed by atoms with E-state index in [9.17, 15) is 9.59 Å². The van der Waals surface area contributed by atoms with Crippen LogP contribution in [0.3, 0.4) is 0 Å². The monoisotopic (exact) mass is 466 g/mol. The van der Waals surface area contributed by atoms with Crippen LogP contribution in [0, 0.1) is 5.92 Å². The molecule has 1 saturated carbocycles. The van der Waals surface area contributed by atoms with Crippen molar-refractivity contribution in [2.24, 2.45) is 5.92 Å². The van der Waals surface area contributed by atoms with Crippen LogP contribution in [0.4, 0.5) is 5.69 Å². The first-order chi connectivity index (χ1) is 16.7. The molecule has 1 atom stereocenters. The van der Waals surface area contributed by atoms with E-state index in [4.69, 9.17) is 4.74 Å². The Morgan fingerprint density at radius 1 is 1.00 bits per heavy atom. The molecule has 1 aromatic heterocycles. The van der Waals surface area contributed by atoms with E-state index in [0.717, 1.165) is 57.4 Å². The van der Waals surface area contributed by atoms with Gasteiger partial charge in [-0.2, -0.15) is 5.10 Å². The van der Waals surface area contributed by atoms with Gasteiger partial charge in [0.1, 0.15) is 11.7 Å². The Balaban J connectivity index is 1.47. The summed E-state index contributed by atoms with van der Waals surface area (Å²) < 4.78 is 7.14. The number of rotatable bonds is 7. The lowest BCUT2D eigenvalue weighted by Gasteiger charge is -2.29. The number of ether oxygens (including phenoxy) is 1. The molecule has 7 nitrogen and oxygen atoms in total. The van der Waals surface area contributed by atoms with Crippen molar-refractivity contribution in [2.75, 3.05) is 18.5 Å². The van der Waals surface area contributed by atoms with Crippen molar-refractivity contribution < 1.29 is 14.3 Å². The lowest BCUT2D eigenvalue weighted by molar-refractivity contribution is -0.119. The fourth-order valence-electron chi connectivity index (χ4n) is 5.30. The van der Waals surface area contributed by atoms with E-state index in [-0.39, 0.29) is 17.7 Å². The average Bonchev–Trinajstić information content (AvgIpc) is 3.33. The summed E-state index contributed by atoms with van der Waals surface area (Å²) >= 11 is 0. The molecule has 1 aromatic carbocycles. The van der Waals surface area contributed by atoms with E-state index in [1.165, 1.54) is 24.8 Å². The first-order valence-electron chi connectivity index (χ1n) is 13.0. The summed E-state index contributed by atoms with van der Waals surface area (Å²) in [6.45, 7) is 4.17. The number of amides is 2. The number of hydrogen-bond donors (Lipinski definition) is 2. The number of aryl methyl sites for hydroxylation is 1. The van der Waals surface area contributed by atoms with E-state index in [0.29, 0.717) is 18.2 Å². The number of aromatic nitrogens is 2. The standard InChI is InChI=1S/C27H38N4O3/c1-2-31-24(14-17-28-31)26(32)30-25(22-8-6-4-3-5-7-9-22)27(33)29-23-12-10-20(11-13-23)21-15-18-34-19-16-21/h10-14,17,21-22,25H,2-9,15-16,18-19H2,1H3,(H,29,33)(H,30,32). The summed E-state index contributed by atoms with van der Waals surface area (Å²) in [6, 6.07) is 9.31. The van der Waals surface area contributed by atoms with Gasteiger partial charge in [-0.25, -0.2) is 0 Å². The normalized spacial score (nSPS) is 19.1. The molecule has 2 fully saturated rings. The van der Waals surface area contributed by atoms with E-state index < -0.39 is 6.04 Å². The predicted molar refractivity (Wildman–Crippen MR) is 133 cm³/mol. The first kappa shape index (κ1) is 24.5. The second-order valence-corrected chi connectivity index (χ2v) is 9.59.